The first-order chi connectivity index (χ1) is 14.1. The van der Waals surface area contributed by atoms with E-state index in [0.717, 1.165) is 17.0 Å². The molecule has 0 bridgehead atoms. The van der Waals surface area contributed by atoms with Gasteiger partial charge in [-0.25, -0.2) is 8.78 Å². The van der Waals surface area contributed by atoms with Gasteiger partial charge in [0.25, 0.3) is 0 Å². The summed E-state index contributed by atoms with van der Waals surface area (Å²) in [7, 11) is 0. The normalized spacial score (nSPS) is 18.4. The molecule has 0 unspecified atom stereocenters. The topological polar surface area (TPSA) is 12.4 Å². The molecule has 3 rings (SSSR count). The lowest BCUT2D eigenvalue weighted by Crippen LogP contribution is -2.13. The molecule has 0 N–H and O–H groups in total. The Balaban J connectivity index is 1.65. The second kappa shape index (κ2) is 10.4. The first kappa shape index (κ1) is 21.4. The van der Waals surface area contributed by atoms with Crippen LogP contribution < -0.4 is 0 Å². The van der Waals surface area contributed by atoms with E-state index in [2.05, 4.69) is 36.0 Å². The summed E-state index contributed by atoms with van der Waals surface area (Å²) >= 11 is 4.43. The number of thiocarbonyl (C=S) groups is 1. The minimum Gasteiger partial charge on any atom is -0.204 e. The molecule has 1 aliphatic rings. The van der Waals surface area contributed by atoms with Crippen molar-refractivity contribution in [2.75, 3.05) is 0 Å². The number of rotatable bonds is 5. The van der Waals surface area contributed by atoms with Gasteiger partial charge in [0, 0.05) is 11.5 Å². The van der Waals surface area contributed by atoms with Gasteiger partial charge in [0.05, 0.1) is 5.16 Å². The molecule has 0 heterocycles. The molecule has 0 saturated heterocycles. The van der Waals surface area contributed by atoms with Crippen LogP contribution in [-0.2, 0) is 0 Å². The zero-order chi connectivity index (χ0) is 20.6. The molecule has 150 valence electrons. The van der Waals surface area contributed by atoms with Crippen LogP contribution in [0.3, 0.4) is 0 Å². The van der Waals surface area contributed by atoms with Gasteiger partial charge in [0.1, 0.15) is 5.69 Å². The Morgan fingerprint density at radius 1 is 1.00 bits per heavy atom. The third kappa shape index (κ3) is 5.82. The van der Waals surface area contributed by atoms with Crippen LogP contribution in [0.25, 0.3) is 11.1 Å². The van der Waals surface area contributed by atoms with E-state index in [1.165, 1.54) is 57.1 Å². The number of aliphatic imine (C=N–C) groups is 1. The fourth-order valence-corrected chi connectivity index (χ4v) is 4.00. The van der Waals surface area contributed by atoms with Gasteiger partial charge in [-0.1, -0.05) is 50.2 Å². The van der Waals surface area contributed by atoms with E-state index in [-0.39, 0.29) is 0 Å². The Hall–Kier alpha value is -2.34. The van der Waals surface area contributed by atoms with E-state index in [9.17, 15) is 8.78 Å². The highest BCUT2D eigenvalue weighted by Gasteiger charge is 2.19. The Kier molecular flexibility index (Phi) is 7.69. The Morgan fingerprint density at radius 2 is 1.66 bits per heavy atom. The molecule has 4 heteroatoms. The van der Waals surface area contributed by atoms with Gasteiger partial charge >= 0.3 is 0 Å². The second-order valence-corrected chi connectivity index (χ2v) is 7.88. The molecule has 0 aromatic heterocycles. The molecule has 1 saturated carbocycles. The fraction of sp³-hybridized carbons (Fsp3) is 0.400. The van der Waals surface area contributed by atoms with Crippen LogP contribution in [0.15, 0.2) is 41.4 Å². The van der Waals surface area contributed by atoms with Crippen molar-refractivity contribution in [3.05, 3.63) is 53.6 Å². The number of nitrogens with zero attached hydrogens (tertiary/aromatic N) is 1. The molecule has 1 aliphatic carbocycles. The molecule has 0 spiro atoms. The summed E-state index contributed by atoms with van der Waals surface area (Å²) in [6.45, 7) is 2.25. The third-order valence-corrected chi connectivity index (χ3v) is 5.72. The second-order valence-electron chi connectivity index (χ2n) is 7.70. The van der Waals surface area contributed by atoms with Crippen LogP contribution in [0.2, 0.25) is 0 Å². The van der Waals surface area contributed by atoms with Crippen LogP contribution >= 0.6 is 12.2 Å². The van der Waals surface area contributed by atoms with Crippen molar-refractivity contribution < 1.29 is 8.78 Å². The lowest BCUT2D eigenvalue weighted by molar-refractivity contribution is 0.296. The quantitative estimate of drug-likeness (QED) is 0.280. The molecule has 2 aromatic rings. The number of benzene rings is 2. The zero-order valence-electron chi connectivity index (χ0n) is 16.7. The Morgan fingerprint density at radius 3 is 2.24 bits per heavy atom. The summed E-state index contributed by atoms with van der Waals surface area (Å²) in [5.74, 6) is 6.53. The summed E-state index contributed by atoms with van der Waals surface area (Å²) < 4.78 is 28.1. The highest BCUT2D eigenvalue weighted by molar-refractivity contribution is 7.78. The lowest BCUT2D eigenvalue weighted by atomic mass is 9.80. The first-order valence-electron chi connectivity index (χ1n) is 10.3. The van der Waals surface area contributed by atoms with Gasteiger partial charge < -0.3 is 0 Å². The monoisotopic (exact) mass is 409 g/mol. The predicted octanol–water partition coefficient (Wildman–Crippen LogP) is 7.71. The molecule has 0 amide bonds. The highest BCUT2D eigenvalue weighted by Crippen LogP contribution is 2.32. The Bertz CT molecular complexity index is 918. The van der Waals surface area contributed by atoms with E-state index in [1.54, 1.807) is 0 Å². The van der Waals surface area contributed by atoms with Gasteiger partial charge in [-0.05, 0) is 79.2 Å². The average molecular weight is 410 g/mol. The van der Waals surface area contributed by atoms with Crippen LogP contribution in [0, 0.1) is 35.3 Å². The van der Waals surface area contributed by atoms with Crippen molar-refractivity contribution in [1.29, 1.82) is 0 Å². The van der Waals surface area contributed by atoms with Crippen molar-refractivity contribution in [3.8, 4) is 23.0 Å². The number of hydrogen-bond donors (Lipinski definition) is 0. The molecule has 29 heavy (non-hydrogen) atoms. The van der Waals surface area contributed by atoms with E-state index >= 15 is 0 Å². The molecular formula is C25H25F2NS. The average Bonchev–Trinajstić information content (AvgIpc) is 2.74. The highest BCUT2D eigenvalue weighted by atomic mass is 32.1. The van der Waals surface area contributed by atoms with Crippen LogP contribution in [0.1, 0.15) is 57.4 Å². The zero-order valence-corrected chi connectivity index (χ0v) is 17.5. The minimum atomic E-state index is -0.754. The van der Waals surface area contributed by atoms with Crippen LogP contribution in [0.5, 0.6) is 0 Å². The largest absolute Gasteiger partial charge is 0.204 e. The lowest BCUT2D eigenvalue weighted by Gasteiger charge is -2.25. The van der Waals surface area contributed by atoms with Crippen LogP contribution in [-0.4, -0.2) is 5.16 Å². The van der Waals surface area contributed by atoms with Gasteiger partial charge in [-0.2, -0.15) is 4.99 Å². The van der Waals surface area contributed by atoms with Gasteiger partial charge in [-0.15, -0.1) is 0 Å². The smallest absolute Gasteiger partial charge is 0.153 e. The molecule has 0 aliphatic heterocycles. The summed E-state index contributed by atoms with van der Waals surface area (Å²) in [5, 5.41) is 2.00. The maximum absolute atomic E-state index is 14.0. The number of unbranched alkanes of at least 4 members (excludes halogenated alkanes) is 1. The van der Waals surface area contributed by atoms with Crippen LogP contribution in [0.4, 0.5) is 14.5 Å². The van der Waals surface area contributed by atoms with Crippen molar-refractivity contribution in [3.63, 3.8) is 0 Å². The molecule has 1 nitrogen and oxygen atoms in total. The van der Waals surface area contributed by atoms with Gasteiger partial charge in [-0.3, -0.25) is 0 Å². The van der Waals surface area contributed by atoms with E-state index in [0.29, 0.717) is 11.5 Å². The molecule has 0 radical (unpaired) electrons. The van der Waals surface area contributed by atoms with Crippen molar-refractivity contribution in [2.45, 2.75) is 51.9 Å². The predicted molar refractivity (Wildman–Crippen MR) is 118 cm³/mol. The fourth-order valence-electron chi connectivity index (χ4n) is 3.90. The maximum Gasteiger partial charge on any atom is 0.153 e. The van der Waals surface area contributed by atoms with E-state index in [1.807, 2.05) is 29.4 Å². The Labute approximate surface area is 177 Å². The van der Waals surface area contributed by atoms with E-state index < -0.39 is 17.3 Å². The molecule has 1 fully saturated rings. The summed E-state index contributed by atoms with van der Waals surface area (Å²) in [6.07, 6.45) is 8.93. The minimum absolute atomic E-state index is 0.407. The summed E-state index contributed by atoms with van der Waals surface area (Å²) in [4.78, 5) is 3.44. The summed E-state index contributed by atoms with van der Waals surface area (Å²) in [5.41, 5.74) is 1.69. The summed E-state index contributed by atoms with van der Waals surface area (Å²) in [6, 6.07) is 9.98. The van der Waals surface area contributed by atoms with Crippen molar-refractivity contribution in [2.24, 2.45) is 16.8 Å². The maximum atomic E-state index is 14.0. The number of halogens is 2. The van der Waals surface area contributed by atoms with Gasteiger partial charge in [0.2, 0.25) is 0 Å². The SMILES string of the molecule is CCCCC1CCC(C#Cc2ccc(-c3cc(F)c(N=C=S)c(F)c3)cc2)CC1. The van der Waals surface area contributed by atoms with Gasteiger partial charge in [0.15, 0.2) is 11.6 Å². The van der Waals surface area contributed by atoms with E-state index in [4.69, 9.17) is 0 Å². The number of isothiocyanates is 1. The third-order valence-electron chi connectivity index (χ3n) is 5.63. The first-order valence-corrected chi connectivity index (χ1v) is 10.7. The number of hydrogen-bond acceptors (Lipinski definition) is 2. The molecule has 0 atom stereocenters. The van der Waals surface area contributed by atoms with Crippen molar-refractivity contribution >= 4 is 23.1 Å². The molecule has 2 aromatic carbocycles. The van der Waals surface area contributed by atoms with Crippen molar-refractivity contribution in [1.82, 2.24) is 0 Å². The standard InChI is InChI=1S/C25H25F2NS/c1-2-3-4-18-5-7-19(8-6-18)9-10-20-11-13-21(14-12-20)22-15-23(26)25(28-17-29)24(27)16-22/h11-16,18-19H,2-8H2,1H3. The molecular weight excluding hydrogens is 384 g/mol.